The zero-order valence-electron chi connectivity index (χ0n) is 9.93. The molecule has 0 radical (unpaired) electrons. The number of rotatable bonds is 3. The predicted octanol–water partition coefficient (Wildman–Crippen LogP) is 1.35. The van der Waals surface area contributed by atoms with Gasteiger partial charge in [-0.15, -0.1) is 0 Å². The highest BCUT2D eigenvalue weighted by molar-refractivity contribution is 6.31. The van der Waals surface area contributed by atoms with Crippen LogP contribution in [0.15, 0.2) is 6.33 Å². The minimum atomic E-state index is -0.302. The first kappa shape index (κ1) is 12.4. The van der Waals surface area contributed by atoms with Crippen LogP contribution in [0.5, 0.6) is 5.75 Å². The summed E-state index contributed by atoms with van der Waals surface area (Å²) in [6, 6.07) is 0. The maximum absolute atomic E-state index is 9.58. The molecule has 0 amide bonds. The number of halogens is 1. The van der Waals surface area contributed by atoms with Gasteiger partial charge in [-0.25, -0.2) is 9.97 Å². The van der Waals surface area contributed by atoms with Gasteiger partial charge < -0.3 is 14.7 Å². The largest absolute Gasteiger partial charge is 0.490 e. The maximum Gasteiger partial charge on any atom is 0.199 e. The average Bonchev–Trinajstić information content (AvgIpc) is 2.77. The second-order valence-corrected chi connectivity index (χ2v) is 4.61. The van der Waals surface area contributed by atoms with Gasteiger partial charge in [-0.05, 0) is 13.3 Å². The first-order valence-electron chi connectivity index (χ1n) is 5.61. The standard InChI is InChI=1S/C11H16ClN3O2/c1-7(16)8-3-4-15(5-8)11-9(17-2)10(12)13-6-14-11/h6-8,16H,3-5H2,1-2H3. The third-order valence-electron chi connectivity index (χ3n) is 3.15. The minimum absolute atomic E-state index is 0.272. The second kappa shape index (κ2) is 5.06. The second-order valence-electron chi connectivity index (χ2n) is 4.26. The maximum atomic E-state index is 9.58. The molecule has 94 valence electrons. The van der Waals surface area contributed by atoms with Gasteiger partial charge >= 0.3 is 0 Å². The molecule has 1 aliphatic heterocycles. The fourth-order valence-corrected chi connectivity index (χ4v) is 2.32. The lowest BCUT2D eigenvalue weighted by Crippen LogP contribution is -2.25. The van der Waals surface area contributed by atoms with Gasteiger partial charge in [0.15, 0.2) is 16.7 Å². The average molecular weight is 258 g/mol. The lowest BCUT2D eigenvalue weighted by atomic mass is 10.0. The van der Waals surface area contributed by atoms with E-state index in [-0.39, 0.29) is 12.0 Å². The van der Waals surface area contributed by atoms with E-state index in [0.717, 1.165) is 19.5 Å². The van der Waals surface area contributed by atoms with Crippen LogP contribution in [0.25, 0.3) is 0 Å². The Hall–Kier alpha value is -1.07. The van der Waals surface area contributed by atoms with Crippen molar-refractivity contribution >= 4 is 17.4 Å². The van der Waals surface area contributed by atoms with E-state index in [4.69, 9.17) is 16.3 Å². The van der Waals surface area contributed by atoms with Crippen LogP contribution < -0.4 is 9.64 Å². The third kappa shape index (κ3) is 2.45. The monoisotopic (exact) mass is 257 g/mol. The van der Waals surface area contributed by atoms with Crippen LogP contribution in [-0.2, 0) is 0 Å². The van der Waals surface area contributed by atoms with Crippen LogP contribution in [0.1, 0.15) is 13.3 Å². The molecule has 1 saturated heterocycles. The summed E-state index contributed by atoms with van der Waals surface area (Å²) >= 11 is 5.95. The third-order valence-corrected chi connectivity index (χ3v) is 3.42. The van der Waals surface area contributed by atoms with Crippen molar-refractivity contribution in [1.82, 2.24) is 9.97 Å². The Bertz CT molecular complexity index is 400. The summed E-state index contributed by atoms with van der Waals surface area (Å²) in [6.07, 6.45) is 2.07. The van der Waals surface area contributed by atoms with E-state index in [9.17, 15) is 5.11 Å². The van der Waals surface area contributed by atoms with Crippen molar-refractivity contribution in [3.63, 3.8) is 0 Å². The summed E-state index contributed by atoms with van der Waals surface area (Å²) in [4.78, 5) is 10.2. The molecule has 0 aliphatic carbocycles. The predicted molar refractivity (Wildman–Crippen MR) is 65.6 cm³/mol. The number of aromatic nitrogens is 2. The molecule has 2 heterocycles. The van der Waals surface area contributed by atoms with Crippen LogP contribution in [0.4, 0.5) is 5.82 Å². The zero-order valence-corrected chi connectivity index (χ0v) is 10.7. The molecule has 1 aliphatic rings. The SMILES string of the molecule is COc1c(Cl)ncnc1N1CCC(C(C)O)C1. The Morgan fingerprint density at radius 1 is 1.59 bits per heavy atom. The van der Waals surface area contributed by atoms with Gasteiger partial charge in [0.1, 0.15) is 6.33 Å². The lowest BCUT2D eigenvalue weighted by Gasteiger charge is -2.20. The summed E-state index contributed by atoms with van der Waals surface area (Å²) in [5.74, 6) is 1.48. The molecule has 1 aromatic rings. The molecule has 2 atom stereocenters. The number of nitrogens with zero attached hydrogens (tertiary/aromatic N) is 3. The van der Waals surface area contributed by atoms with Gasteiger partial charge in [-0.1, -0.05) is 11.6 Å². The van der Waals surface area contributed by atoms with E-state index >= 15 is 0 Å². The van der Waals surface area contributed by atoms with Crippen LogP contribution in [0, 0.1) is 5.92 Å². The van der Waals surface area contributed by atoms with Crippen molar-refractivity contribution in [2.45, 2.75) is 19.4 Å². The molecular weight excluding hydrogens is 242 g/mol. The first-order valence-corrected chi connectivity index (χ1v) is 5.98. The van der Waals surface area contributed by atoms with E-state index in [2.05, 4.69) is 14.9 Å². The van der Waals surface area contributed by atoms with E-state index in [1.54, 1.807) is 7.11 Å². The van der Waals surface area contributed by atoms with E-state index in [1.165, 1.54) is 6.33 Å². The van der Waals surface area contributed by atoms with E-state index in [0.29, 0.717) is 16.7 Å². The molecule has 2 rings (SSSR count). The highest BCUT2D eigenvalue weighted by Crippen LogP contribution is 2.34. The van der Waals surface area contributed by atoms with Crippen LogP contribution in [0.3, 0.4) is 0 Å². The van der Waals surface area contributed by atoms with Crippen molar-refractivity contribution < 1.29 is 9.84 Å². The summed E-state index contributed by atoms with van der Waals surface area (Å²) in [5.41, 5.74) is 0. The summed E-state index contributed by atoms with van der Waals surface area (Å²) in [6.45, 7) is 3.43. The number of methoxy groups -OCH3 is 1. The summed E-state index contributed by atoms with van der Waals surface area (Å²) in [7, 11) is 1.55. The Morgan fingerprint density at radius 2 is 2.35 bits per heavy atom. The molecular formula is C11H16ClN3O2. The van der Waals surface area contributed by atoms with Gasteiger partial charge in [-0.2, -0.15) is 0 Å². The zero-order chi connectivity index (χ0) is 12.4. The Morgan fingerprint density at radius 3 is 2.94 bits per heavy atom. The number of aliphatic hydroxyl groups is 1. The highest BCUT2D eigenvalue weighted by Gasteiger charge is 2.29. The van der Waals surface area contributed by atoms with Gasteiger partial charge in [-0.3, -0.25) is 0 Å². The lowest BCUT2D eigenvalue weighted by molar-refractivity contribution is 0.136. The molecule has 0 bridgehead atoms. The summed E-state index contributed by atoms with van der Waals surface area (Å²) < 4.78 is 5.22. The molecule has 1 N–H and O–H groups in total. The molecule has 1 aromatic heterocycles. The molecule has 0 aromatic carbocycles. The van der Waals surface area contributed by atoms with Crippen molar-refractivity contribution in [3.05, 3.63) is 11.5 Å². The van der Waals surface area contributed by atoms with Gasteiger partial charge in [0, 0.05) is 19.0 Å². The van der Waals surface area contributed by atoms with Crippen molar-refractivity contribution in [1.29, 1.82) is 0 Å². The molecule has 1 fully saturated rings. The van der Waals surface area contributed by atoms with Crippen LogP contribution in [0.2, 0.25) is 5.15 Å². The smallest absolute Gasteiger partial charge is 0.199 e. The van der Waals surface area contributed by atoms with Gasteiger partial charge in [0.2, 0.25) is 0 Å². The molecule has 0 spiro atoms. The molecule has 6 heteroatoms. The first-order chi connectivity index (χ1) is 8.13. The summed E-state index contributed by atoms with van der Waals surface area (Å²) in [5, 5.41) is 9.90. The number of hydrogen-bond donors (Lipinski definition) is 1. The quantitative estimate of drug-likeness (QED) is 0.829. The molecule has 2 unspecified atom stereocenters. The highest BCUT2D eigenvalue weighted by atomic mass is 35.5. The van der Waals surface area contributed by atoms with Crippen molar-refractivity contribution in [2.75, 3.05) is 25.1 Å². The van der Waals surface area contributed by atoms with Crippen LogP contribution in [-0.4, -0.2) is 41.4 Å². The van der Waals surface area contributed by atoms with Gasteiger partial charge in [0.05, 0.1) is 13.2 Å². The fraction of sp³-hybridized carbons (Fsp3) is 0.636. The topological polar surface area (TPSA) is 58.5 Å². The number of anilines is 1. The molecule has 0 saturated carbocycles. The fourth-order valence-electron chi connectivity index (χ4n) is 2.12. The van der Waals surface area contributed by atoms with Gasteiger partial charge in [0.25, 0.3) is 0 Å². The molecule has 5 nitrogen and oxygen atoms in total. The van der Waals surface area contributed by atoms with E-state index < -0.39 is 0 Å². The van der Waals surface area contributed by atoms with Crippen molar-refractivity contribution in [2.24, 2.45) is 5.92 Å². The normalized spacial score (nSPS) is 21.6. The number of aliphatic hydroxyl groups excluding tert-OH is 1. The van der Waals surface area contributed by atoms with Crippen LogP contribution >= 0.6 is 11.6 Å². The Kier molecular flexibility index (Phi) is 3.69. The Balaban J connectivity index is 2.21. The number of ether oxygens (including phenoxy) is 1. The van der Waals surface area contributed by atoms with Crippen molar-refractivity contribution in [3.8, 4) is 5.75 Å². The Labute approximate surface area is 105 Å². The minimum Gasteiger partial charge on any atom is -0.490 e. The van der Waals surface area contributed by atoms with E-state index in [1.807, 2.05) is 6.92 Å². The molecule has 17 heavy (non-hydrogen) atoms. The number of hydrogen-bond acceptors (Lipinski definition) is 5.